The Hall–Kier alpha value is -1.22. The molecule has 0 radical (unpaired) electrons. The third-order valence-electron chi connectivity index (χ3n) is 2.48. The second-order valence-corrected chi connectivity index (χ2v) is 4.36. The van der Waals surface area contributed by atoms with E-state index < -0.39 is 5.79 Å². The molecule has 1 heterocycles. The van der Waals surface area contributed by atoms with Gasteiger partial charge in [-0.2, -0.15) is 0 Å². The van der Waals surface area contributed by atoms with Crippen molar-refractivity contribution >= 4 is 0 Å². The van der Waals surface area contributed by atoms with E-state index in [4.69, 9.17) is 9.47 Å². The van der Waals surface area contributed by atoms with E-state index in [2.05, 4.69) is 18.3 Å². The van der Waals surface area contributed by atoms with E-state index in [1.165, 1.54) is 11.1 Å². The maximum Gasteiger partial charge on any atom is 0.246 e. The van der Waals surface area contributed by atoms with Gasteiger partial charge in [-0.05, 0) is 37.2 Å². The molecule has 1 aromatic carbocycles. The van der Waals surface area contributed by atoms with E-state index in [1.54, 1.807) is 0 Å². The van der Waals surface area contributed by atoms with Gasteiger partial charge in [-0.3, -0.25) is 0 Å². The first kappa shape index (κ1) is 10.3. The average molecular weight is 207 g/mol. The van der Waals surface area contributed by atoms with Gasteiger partial charge in [0, 0.05) is 20.4 Å². The van der Waals surface area contributed by atoms with Gasteiger partial charge >= 0.3 is 0 Å². The highest BCUT2D eigenvalue weighted by Crippen LogP contribution is 2.40. The van der Waals surface area contributed by atoms with Gasteiger partial charge in [-0.1, -0.05) is 0 Å². The number of aryl methyl sites for hydroxylation is 1. The minimum Gasteiger partial charge on any atom is -0.449 e. The first-order valence-corrected chi connectivity index (χ1v) is 5.18. The summed E-state index contributed by atoms with van der Waals surface area (Å²) in [5.41, 5.74) is 2.47. The molecule has 0 fully saturated rings. The zero-order valence-electron chi connectivity index (χ0n) is 9.68. The van der Waals surface area contributed by atoms with Gasteiger partial charge in [0.25, 0.3) is 0 Å². The Morgan fingerprint density at radius 2 is 1.80 bits per heavy atom. The summed E-state index contributed by atoms with van der Waals surface area (Å²) in [4.78, 5) is 0. The largest absolute Gasteiger partial charge is 0.449 e. The lowest BCUT2D eigenvalue weighted by atomic mass is 10.1. The summed E-state index contributed by atoms with van der Waals surface area (Å²) >= 11 is 0. The van der Waals surface area contributed by atoms with Crippen molar-refractivity contribution in [2.45, 2.75) is 33.1 Å². The van der Waals surface area contributed by atoms with Gasteiger partial charge in [-0.15, -0.1) is 0 Å². The van der Waals surface area contributed by atoms with Crippen molar-refractivity contribution in [1.82, 2.24) is 5.32 Å². The lowest BCUT2D eigenvalue weighted by Crippen LogP contribution is -2.29. The number of ether oxygens (including phenoxy) is 2. The van der Waals surface area contributed by atoms with Crippen LogP contribution in [0.5, 0.6) is 11.5 Å². The van der Waals surface area contributed by atoms with Crippen LogP contribution in [0.3, 0.4) is 0 Å². The van der Waals surface area contributed by atoms with Crippen molar-refractivity contribution in [1.29, 1.82) is 0 Å². The van der Waals surface area contributed by atoms with Crippen LogP contribution in [-0.2, 0) is 6.54 Å². The molecule has 0 spiro atoms. The van der Waals surface area contributed by atoms with Crippen molar-refractivity contribution in [3.05, 3.63) is 23.3 Å². The van der Waals surface area contributed by atoms with Gasteiger partial charge in [-0.25, -0.2) is 0 Å². The molecule has 2 rings (SSSR count). The summed E-state index contributed by atoms with van der Waals surface area (Å²) < 4.78 is 11.4. The number of fused-ring (bicyclic) bond motifs is 1. The lowest BCUT2D eigenvalue weighted by Gasteiger charge is -2.16. The van der Waals surface area contributed by atoms with E-state index >= 15 is 0 Å². The molecule has 15 heavy (non-hydrogen) atoms. The molecule has 0 saturated heterocycles. The molecule has 82 valence electrons. The van der Waals surface area contributed by atoms with Crippen LogP contribution in [0.25, 0.3) is 0 Å². The van der Waals surface area contributed by atoms with Crippen LogP contribution < -0.4 is 14.8 Å². The summed E-state index contributed by atoms with van der Waals surface area (Å²) in [6, 6.07) is 4.09. The minimum atomic E-state index is -0.535. The van der Waals surface area contributed by atoms with Gasteiger partial charge < -0.3 is 14.8 Å². The highest BCUT2D eigenvalue weighted by atomic mass is 16.7. The standard InChI is InChI=1S/C12H17NO2/c1-8-5-10-11(6-9(8)7-13-4)15-12(2,3)14-10/h5-6,13H,7H2,1-4H3. The van der Waals surface area contributed by atoms with E-state index in [1.807, 2.05) is 27.0 Å². The Balaban J connectivity index is 2.36. The smallest absolute Gasteiger partial charge is 0.246 e. The third kappa shape index (κ3) is 1.92. The fourth-order valence-electron chi connectivity index (χ4n) is 1.79. The molecule has 1 N–H and O–H groups in total. The van der Waals surface area contributed by atoms with Crippen molar-refractivity contribution in [3.8, 4) is 11.5 Å². The molecule has 1 aliphatic heterocycles. The summed E-state index contributed by atoms with van der Waals surface area (Å²) in [5.74, 6) is 1.15. The first-order chi connectivity index (χ1) is 7.02. The predicted octanol–water partition coefficient (Wildman–Crippen LogP) is 2.22. The number of rotatable bonds is 2. The van der Waals surface area contributed by atoms with Gasteiger partial charge in [0.2, 0.25) is 5.79 Å². The maximum atomic E-state index is 5.69. The third-order valence-corrected chi connectivity index (χ3v) is 2.48. The highest BCUT2D eigenvalue weighted by Gasteiger charge is 2.31. The topological polar surface area (TPSA) is 30.5 Å². The molecule has 0 bridgehead atoms. The SMILES string of the molecule is CNCc1cc2c(cc1C)OC(C)(C)O2. The van der Waals surface area contributed by atoms with Crippen molar-refractivity contribution in [2.24, 2.45) is 0 Å². The zero-order chi connectivity index (χ0) is 11.1. The van der Waals surface area contributed by atoms with E-state index in [9.17, 15) is 0 Å². The zero-order valence-corrected chi connectivity index (χ0v) is 9.68. The van der Waals surface area contributed by atoms with Crippen LogP contribution in [0.1, 0.15) is 25.0 Å². The molecular weight excluding hydrogens is 190 g/mol. The van der Waals surface area contributed by atoms with E-state index in [0.717, 1.165) is 18.0 Å². The Morgan fingerprint density at radius 3 is 2.40 bits per heavy atom. The fraction of sp³-hybridized carbons (Fsp3) is 0.500. The molecule has 0 amide bonds. The Bertz CT molecular complexity index is 385. The van der Waals surface area contributed by atoms with Gasteiger partial charge in [0.05, 0.1) is 0 Å². The molecule has 0 unspecified atom stereocenters. The number of hydrogen-bond donors (Lipinski definition) is 1. The molecule has 1 aliphatic rings. The molecule has 0 aromatic heterocycles. The Labute approximate surface area is 90.4 Å². The highest BCUT2D eigenvalue weighted by molar-refractivity contribution is 5.49. The van der Waals surface area contributed by atoms with E-state index in [0.29, 0.717) is 0 Å². The van der Waals surface area contributed by atoms with Crippen LogP contribution in [0, 0.1) is 6.92 Å². The second-order valence-electron chi connectivity index (χ2n) is 4.36. The molecule has 0 saturated carbocycles. The van der Waals surface area contributed by atoms with Crippen LogP contribution in [0.2, 0.25) is 0 Å². The summed E-state index contributed by atoms with van der Waals surface area (Å²) in [7, 11) is 1.94. The number of benzene rings is 1. The lowest BCUT2D eigenvalue weighted by molar-refractivity contribution is -0.0431. The number of hydrogen-bond acceptors (Lipinski definition) is 3. The molecule has 3 heteroatoms. The first-order valence-electron chi connectivity index (χ1n) is 5.18. The normalized spacial score (nSPS) is 16.8. The molecule has 0 atom stereocenters. The maximum absolute atomic E-state index is 5.69. The fourth-order valence-corrected chi connectivity index (χ4v) is 1.79. The van der Waals surface area contributed by atoms with Gasteiger partial charge in [0.1, 0.15) is 0 Å². The summed E-state index contributed by atoms with van der Waals surface area (Å²) in [5, 5.41) is 3.14. The molecular formula is C12H17NO2. The Kier molecular flexibility index (Phi) is 2.35. The quantitative estimate of drug-likeness (QED) is 0.806. The molecule has 0 aliphatic carbocycles. The van der Waals surface area contributed by atoms with Crippen LogP contribution in [0.15, 0.2) is 12.1 Å². The van der Waals surface area contributed by atoms with Crippen molar-refractivity contribution in [3.63, 3.8) is 0 Å². The van der Waals surface area contributed by atoms with Crippen LogP contribution in [0.4, 0.5) is 0 Å². The molecule has 3 nitrogen and oxygen atoms in total. The minimum absolute atomic E-state index is 0.535. The van der Waals surface area contributed by atoms with Crippen molar-refractivity contribution < 1.29 is 9.47 Å². The van der Waals surface area contributed by atoms with Gasteiger partial charge in [0.15, 0.2) is 11.5 Å². The van der Waals surface area contributed by atoms with Crippen LogP contribution >= 0.6 is 0 Å². The Morgan fingerprint density at radius 1 is 1.20 bits per heavy atom. The van der Waals surface area contributed by atoms with Crippen LogP contribution in [-0.4, -0.2) is 12.8 Å². The monoisotopic (exact) mass is 207 g/mol. The van der Waals surface area contributed by atoms with E-state index in [-0.39, 0.29) is 0 Å². The molecule has 1 aromatic rings. The average Bonchev–Trinajstić information content (AvgIpc) is 2.39. The summed E-state index contributed by atoms with van der Waals surface area (Å²) in [6.45, 7) is 6.77. The number of nitrogens with one attached hydrogen (secondary N) is 1. The predicted molar refractivity (Wildman–Crippen MR) is 59.3 cm³/mol. The second kappa shape index (κ2) is 3.42. The van der Waals surface area contributed by atoms with Crippen molar-refractivity contribution in [2.75, 3.05) is 7.05 Å². The summed E-state index contributed by atoms with van der Waals surface area (Å²) in [6.07, 6.45) is 0.